The Labute approximate surface area is 90.4 Å². The molecule has 1 unspecified atom stereocenters. The Balaban J connectivity index is 2.75. The Morgan fingerprint density at radius 3 is 2.44 bits per heavy atom. The van der Waals surface area contributed by atoms with Gasteiger partial charge in [0.25, 0.3) is 0 Å². The van der Waals surface area contributed by atoms with E-state index in [1.807, 2.05) is 5.32 Å². The fourth-order valence-corrected chi connectivity index (χ4v) is 1.49. The molecular formula is C8H11N3O5. The van der Waals surface area contributed by atoms with E-state index in [1.54, 1.807) is 0 Å². The summed E-state index contributed by atoms with van der Waals surface area (Å²) in [4.78, 5) is 44.5. The van der Waals surface area contributed by atoms with Crippen LogP contribution in [0.4, 0.5) is 0 Å². The number of hydrogen-bond donors (Lipinski definition) is 3. The summed E-state index contributed by atoms with van der Waals surface area (Å²) < 4.78 is 0. The number of carboxylic acid groups (broad SMARTS) is 1. The van der Waals surface area contributed by atoms with Gasteiger partial charge in [-0.1, -0.05) is 0 Å². The highest BCUT2D eigenvalue weighted by Crippen LogP contribution is 2.10. The number of primary amides is 1. The fourth-order valence-electron chi connectivity index (χ4n) is 1.49. The van der Waals surface area contributed by atoms with Gasteiger partial charge in [-0.25, -0.2) is 0 Å². The summed E-state index contributed by atoms with van der Waals surface area (Å²) in [5.41, 5.74) is 4.93. The molecule has 1 heterocycles. The van der Waals surface area contributed by atoms with Crippen LogP contribution in [0.1, 0.15) is 6.42 Å². The van der Waals surface area contributed by atoms with Crippen LogP contribution in [0, 0.1) is 0 Å². The molecule has 0 aromatic carbocycles. The molecule has 4 N–H and O–H groups in total. The number of nitrogens with two attached hydrogens (primary N) is 1. The van der Waals surface area contributed by atoms with Gasteiger partial charge in [0.05, 0.1) is 25.6 Å². The molecule has 8 nitrogen and oxygen atoms in total. The van der Waals surface area contributed by atoms with Crippen molar-refractivity contribution in [2.75, 3.05) is 13.1 Å². The summed E-state index contributed by atoms with van der Waals surface area (Å²) in [6.07, 6.45) is -0.153. The maximum Gasteiger partial charge on any atom is 0.317 e. The second kappa shape index (κ2) is 4.71. The van der Waals surface area contributed by atoms with E-state index in [9.17, 15) is 19.2 Å². The zero-order valence-electron chi connectivity index (χ0n) is 8.30. The topological polar surface area (TPSA) is 130 Å². The third-order valence-electron chi connectivity index (χ3n) is 2.08. The van der Waals surface area contributed by atoms with Crippen LogP contribution >= 0.6 is 0 Å². The summed E-state index contributed by atoms with van der Waals surface area (Å²) in [7, 11) is 0. The van der Waals surface area contributed by atoms with Gasteiger partial charge < -0.3 is 10.8 Å². The average Bonchev–Trinajstić information content (AvgIpc) is 2.42. The van der Waals surface area contributed by atoms with Crippen molar-refractivity contribution >= 4 is 23.7 Å². The van der Waals surface area contributed by atoms with Crippen molar-refractivity contribution in [3.63, 3.8) is 0 Å². The highest BCUT2D eigenvalue weighted by molar-refractivity contribution is 6.05. The van der Waals surface area contributed by atoms with E-state index in [-0.39, 0.29) is 13.0 Å². The van der Waals surface area contributed by atoms with Gasteiger partial charge in [0, 0.05) is 0 Å². The molecule has 0 spiro atoms. The van der Waals surface area contributed by atoms with Crippen molar-refractivity contribution in [1.29, 1.82) is 0 Å². The van der Waals surface area contributed by atoms with E-state index in [4.69, 9.17) is 10.8 Å². The summed E-state index contributed by atoms with van der Waals surface area (Å²) in [6, 6.07) is -0.934. The molecule has 0 saturated carbocycles. The summed E-state index contributed by atoms with van der Waals surface area (Å²) in [5, 5.41) is 10.6. The standard InChI is InChI=1S/C8H11N3O5/c9-5(12)2-11(3-7(14)15)4-1-6(13)10-8(4)16/h4H,1-3H2,(H2,9,12)(H,14,15)(H,10,13,16). The van der Waals surface area contributed by atoms with E-state index in [0.29, 0.717) is 0 Å². The van der Waals surface area contributed by atoms with Gasteiger partial charge in [0.15, 0.2) is 0 Å². The van der Waals surface area contributed by atoms with Crippen LogP contribution in [0.15, 0.2) is 0 Å². The summed E-state index contributed by atoms with van der Waals surface area (Å²) in [5.74, 6) is -3.05. The van der Waals surface area contributed by atoms with Gasteiger partial charge in [-0.3, -0.25) is 29.4 Å². The zero-order chi connectivity index (χ0) is 12.3. The van der Waals surface area contributed by atoms with Crippen LogP contribution in [-0.2, 0) is 19.2 Å². The van der Waals surface area contributed by atoms with Crippen molar-refractivity contribution < 1.29 is 24.3 Å². The Hall–Kier alpha value is -1.96. The summed E-state index contributed by atoms with van der Waals surface area (Å²) >= 11 is 0. The molecule has 0 aliphatic carbocycles. The van der Waals surface area contributed by atoms with Gasteiger partial charge in [0.2, 0.25) is 17.7 Å². The Kier molecular flexibility index (Phi) is 3.56. The maximum absolute atomic E-state index is 11.3. The van der Waals surface area contributed by atoms with Crippen LogP contribution in [0.5, 0.6) is 0 Å². The van der Waals surface area contributed by atoms with E-state index in [0.717, 1.165) is 4.90 Å². The fraction of sp³-hybridized carbons (Fsp3) is 0.500. The van der Waals surface area contributed by atoms with Gasteiger partial charge in [-0.05, 0) is 0 Å². The van der Waals surface area contributed by atoms with Gasteiger partial charge >= 0.3 is 5.97 Å². The van der Waals surface area contributed by atoms with Crippen molar-refractivity contribution in [3.8, 4) is 0 Å². The van der Waals surface area contributed by atoms with Crippen LogP contribution < -0.4 is 11.1 Å². The van der Waals surface area contributed by atoms with E-state index in [2.05, 4.69) is 0 Å². The highest BCUT2D eigenvalue weighted by Gasteiger charge is 2.36. The smallest absolute Gasteiger partial charge is 0.317 e. The third-order valence-corrected chi connectivity index (χ3v) is 2.08. The van der Waals surface area contributed by atoms with E-state index in [1.165, 1.54) is 0 Å². The van der Waals surface area contributed by atoms with E-state index >= 15 is 0 Å². The molecule has 1 fully saturated rings. The first kappa shape index (κ1) is 12.1. The molecule has 1 atom stereocenters. The van der Waals surface area contributed by atoms with Crippen LogP contribution in [-0.4, -0.2) is 52.8 Å². The van der Waals surface area contributed by atoms with Crippen molar-refractivity contribution in [2.24, 2.45) is 5.73 Å². The third kappa shape index (κ3) is 3.02. The van der Waals surface area contributed by atoms with Crippen LogP contribution in [0.25, 0.3) is 0 Å². The van der Waals surface area contributed by atoms with Crippen LogP contribution in [0.3, 0.4) is 0 Å². The number of carboxylic acids is 1. The van der Waals surface area contributed by atoms with Gasteiger partial charge in [-0.15, -0.1) is 0 Å². The number of carbonyl (C=O) groups excluding carboxylic acids is 3. The molecule has 1 aliphatic rings. The van der Waals surface area contributed by atoms with Crippen LogP contribution in [0.2, 0.25) is 0 Å². The first-order valence-corrected chi connectivity index (χ1v) is 4.48. The Morgan fingerprint density at radius 2 is 2.06 bits per heavy atom. The first-order valence-electron chi connectivity index (χ1n) is 4.48. The molecule has 3 amide bonds. The van der Waals surface area contributed by atoms with Crippen molar-refractivity contribution in [2.45, 2.75) is 12.5 Å². The molecule has 0 radical (unpaired) electrons. The minimum Gasteiger partial charge on any atom is -0.480 e. The molecule has 0 aromatic heterocycles. The lowest BCUT2D eigenvalue weighted by Crippen LogP contribution is -2.47. The molecule has 1 saturated heterocycles. The number of nitrogens with one attached hydrogen (secondary N) is 1. The van der Waals surface area contributed by atoms with Gasteiger partial charge in [-0.2, -0.15) is 0 Å². The quantitative estimate of drug-likeness (QED) is 0.439. The Bertz CT molecular complexity index is 338. The number of aliphatic carboxylic acids is 1. The average molecular weight is 229 g/mol. The number of nitrogens with zero attached hydrogens (tertiary/aromatic N) is 1. The molecule has 0 aromatic rings. The number of imide groups is 1. The predicted molar refractivity (Wildman–Crippen MR) is 50.0 cm³/mol. The molecule has 1 rings (SSSR count). The number of carbonyl (C=O) groups is 4. The highest BCUT2D eigenvalue weighted by atomic mass is 16.4. The van der Waals surface area contributed by atoms with Gasteiger partial charge in [0.1, 0.15) is 0 Å². The minimum atomic E-state index is -1.20. The SMILES string of the molecule is NC(=O)CN(CC(=O)O)C1CC(=O)NC1=O. The largest absolute Gasteiger partial charge is 0.480 e. The van der Waals surface area contributed by atoms with E-state index < -0.39 is 36.3 Å². The lowest BCUT2D eigenvalue weighted by molar-refractivity contribution is -0.140. The second-order valence-corrected chi connectivity index (χ2v) is 3.40. The monoisotopic (exact) mass is 229 g/mol. The predicted octanol–water partition coefficient (Wildman–Crippen LogP) is -2.73. The molecule has 0 bridgehead atoms. The molecule has 1 aliphatic heterocycles. The molecule has 8 heteroatoms. The molecular weight excluding hydrogens is 218 g/mol. The van der Waals surface area contributed by atoms with Crippen molar-refractivity contribution in [1.82, 2.24) is 10.2 Å². The number of rotatable bonds is 5. The Morgan fingerprint density at radius 1 is 1.44 bits per heavy atom. The normalized spacial score (nSPS) is 19.9. The first-order chi connectivity index (χ1) is 7.40. The summed E-state index contributed by atoms with van der Waals surface area (Å²) in [6.45, 7) is -0.897. The maximum atomic E-state index is 11.3. The number of hydrogen-bond acceptors (Lipinski definition) is 5. The second-order valence-electron chi connectivity index (χ2n) is 3.40. The molecule has 16 heavy (non-hydrogen) atoms. The molecule has 88 valence electrons. The number of amides is 3. The zero-order valence-corrected chi connectivity index (χ0v) is 8.30. The lowest BCUT2D eigenvalue weighted by atomic mass is 10.2. The van der Waals surface area contributed by atoms with Crippen molar-refractivity contribution in [3.05, 3.63) is 0 Å². The lowest BCUT2D eigenvalue weighted by Gasteiger charge is -2.22. The minimum absolute atomic E-state index is 0.153.